The van der Waals surface area contributed by atoms with E-state index < -0.39 is 81.6 Å². The van der Waals surface area contributed by atoms with E-state index in [0.717, 1.165) is 45.9 Å². The quantitative estimate of drug-likeness (QED) is 0.193. The number of carbonyl (C=O) groups is 4. The highest BCUT2D eigenvalue weighted by Crippen LogP contribution is 2.41. The number of nitro benzene ring substituents is 2. The lowest BCUT2D eigenvalue weighted by Gasteiger charge is -2.44. The van der Waals surface area contributed by atoms with Crippen LogP contribution in [0.5, 0.6) is 0 Å². The van der Waals surface area contributed by atoms with Crippen LogP contribution >= 0.6 is 11.8 Å². The molecule has 15 nitrogen and oxygen atoms in total. The largest absolute Gasteiger partial charge is 0.463 e. The van der Waals surface area contributed by atoms with Crippen LogP contribution in [0, 0.1) is 20.2 Å². The Hall–Kier alpha value is -3.79. The van der Waals surface area contributed by atoms with Crippen molar-refractivity contribution in [2.45, 2.75) is 62.4 Å². The van der Waals surface area contributed by atoms with Crippen molar-refractivity contribution in [3.05, 3.63) is 38.4 Å². The van der Waals surface area contributed by atoms with Crippen LogP contribution in [0.2, 0.25) is 0 Å². The molecule has 0 aliphatic carbocycles. The van der Waals surface area contributed by atoms with E-state index in [9.17, 15) is 39.4 Å². The van der Waals surface area contributed by atoms with E-state index in [-0.39, 0.29) is 4.90 Å². The molecule has 0 N–H and O–H groups in total. The third kappa shape index (κ3) is 7.61. The summed E-state index contributed by atoms with van der Waals surface area (Å²) in [5.41, 5.74) is -2.50. The molecule has 1 saturated heterocycles. The van der Waals surface area contributed by atoms with Crippen LogP contribution in [-0.2, 0) is 42.9 Å². The highest BCUT2D eigenvalue weighted by molar-refractivity contribution is 8.00. The Kier molecular flexibility index (Phi) is 9.68. The number of carbonyl (C=O) groups excluding carboxylic acids is 4. The van der Waals surface area contributed by atoms with Gasteiger partial charge in [0.15, 0.2) is 18.3 Å². The monoisotopic (exact) mass is 530 g/mol. The van der Waals surface area contributed by atoms with Gasteiger partial charge in [-0.1, -0.05) is 11.8 Å². The lowest BCUT2D eigenvalue weighted by Crippen LogP contribution is -2.61. The van der Waals surface area contributed by atoms with E-state index in [1.54, 1.807) is 0 Å². The zero-order valence-corrected chi connectivity index (χ0v) is 20.3. The van der Waals surface area contributed by atoms with Gasteiger partial charge in [-0.25, -0.2) is 0 Å². The number of nitro groups is 2. The molecule has 0 bridgehead atoms. The SMILES string of the molecule is CC(=O)OC[C@H]1O[C@@H](Sc2ccc([N+](=O)[O-])cc2[N+](=O)[O-])[C@@H](OC(C)=O)[C@@H](OC(C)=O)[C@@H]1OC(C)=O. The molecule has 16 heteroatoms. The molecule has 1 aromatic carbocycles. The number of hydrogen-bond donors (Lipinski definition) is 0. The lowest BCUT2D eigenvalue weighted by molar-refractivity contribution is -0.396. The highest BCUT2D eigenvalue weighted by atomic mass is 32.2. The number of esters is 4. The van der Waals surface area contributed by atoms with Crippen LogP contribution in [0.4, 0.5) is 11.4 Å². The Labute approximate surface area is 207 Å². The minimum atomic E-state index is -1.46. The van der Waals surface area contributed by atoms with E-state index in [2.05, 4.69) is 0 Å². The molecular formula is C20H22N2O13S. The first-order valence-corrected chi connectivity index (χ1v) is 11.1. The van der Waals surface area contributed by atoms with E-state index in [4.69, 9.17) is 23.7 Å². The Bertz CT molecular complexity index is 1060. The first-order chi connectivity index (χ1) is 16.8. The van der Waals surface area contributed by atoms with E-state index in [0.29, 0.717) is 11.8 Å². The predicted octanol–water partition coefficient (Wildman–Crippen LogP) is 1.68. The minimum absolute atomic E-state index is 0.105. The van der Waals surface area contributed by atoms with E-state index in [1.807, 2.05) is 0 Å². The molecule has 0 radical (unpaired) electrons. The van der Waals surface area contributed by atoms with Gasteiger partial charge in [0.2, 0.25) is 0 Å². The van der Waals surface area contributed by atoms with Gasteiger partial charge in [-0.2, -0.15) is 0 Å². The molecule has 1 aromatic rings. The summed E-state index contributed by atoms with van der Waals surface area (Å²) in [5, 5.41) is 22.6. The number of benzene rings is 1. The van der Waals surface area contributed by atoms with Crippen LogP contribution in [0.1, 0.15) is 27.7 Å². The minimum Gasteiger partial charge on any atom is -0.463 e. The molecule has 0 unspecified atom stereocenters. The van der Waals surface area contributed by atoms with Gasteiger partial charge in [0.25, 0.3) is 11.4 Å². The van der Waals surface area contributed by atoms with Crippen molar-refractivity contribution in [3.8, 4) is 0 Å². The van der Waals surface area contributed by atoms with Crippen LogP contribution < -0.4 is 0 Å². The fraction of sp³-hybridized carbons (Fsp3) is 0.500. The third-order valence-electron chi connectivity index (χ3n) is 4.54. The molecule has 5 atom stereocenters. The second kappa shape index (κ2) is 12.3. The number of rotatable bonds is 9. The first kappa shape index (κ1) is 28.4. The van der Waals surface area contributed by atoms with Crippen molar-refractivity contribution in [2.24, 2.45) is 0 Å². The number of hydrogen-bond acceptors (Lipinski definition) is 14. The fourth-order valence-electron chi connectivity index (χ4n) is 3.27. The van der Waals surface area contributed by atoms with Gasteiger partial charge in [0.05, 0.1) is 20.8 Å². The smallest absolute Gasteiger partial charge is 0.303 e. The van der Waals surface area contributed by atoms with Gasteiger partial charge in [-0.05, 0) is 6.07 Å². The summed E-state index contributed by atoms with van der Waals surface area (Å²) in [4.78, 5) is 67.8. The van der Waals surface area contributed by atoms with Crippen molar-refractivity contribution in [1.29, 1.82) is 0 Å². The summed E-state index contributed by atoms with van der Waals surface area (Å²) < 4.78 is 26.7. The van der Waals surface area contributed by atoms with Crippen molar-refractivity contribution in [2.75, 3.05) is 6.61 Å². The van der Waals surface area contributed by atoms with Gasteiger partial charge in [0, 0.05) is 33.8 Å². The first-order valence-electron chi connectivity index (χ1n) is 10.2. The lowest BCUT2D eigenvalue weighted by atomic mass is 9.99. The van der Waals surface area contributed by atoms with Crippen molar-refractivity contribution in [3.63, 3.8) is 0 Å². The average molecular weight is 530 g/mol. The Balaban J connectivity index is 2.57. The summed E-state index contributed by atoms with van der Waals surface area (Å²) in [7, 11) is 0. The van der Waals surface area contributed by atoms with Crippen molar-refractivity contribution < 1.29 is 52.7 Å². The molecule has 0 saturated carbocycles. The maximum Gasteiger partial charge on any atom is 0.303 e. The molecule has 1 fully saturated rings. The molecule has 1 aliphatic heterocycles. The second-order valence-corrected chi connectivity index (χ2v) is 8.49. The maximum absolute atomic E-state index is 11.9. The topological polar surface area (TPSA) is 201 Å². The van der Waals surface area contributed by atoms with E-state index in [1.165, 1.54) is 0 Å². The zero-order valence-electron chi connectivity index (χ0n) is 19.4. The van der Waals surface area contributed by atoms with Gasteiger partial charge in [-0.15, -0.1) is 0 Å². The van der Waals surface area contributed by atoms with Gasteiger partial charge in [0.1, 0.15) is 18.1 Å². The van der Waals surface area contributed by atoms with Crippen LogP contribution in [-0.4, -0.2) is 70.2 Å². The molecule has 0 amide bonds. The zero-order chi connectivity index (χ0) is 27.2. The molecule has 1 aliphatic rings. The molecule has 196 valence electrons. The normalized spacial score (nSPS) is 23.2. The van der Waals surface area contributed by atoms with Crippen molar-refractivity contribution >= 4 is 47.0 Å². The van der Waals surface area contributed by atoms with Crippen LogP contribution in [0.15, 0.2) is 23.1 Å². The summed E-state index contributed by atoms with van der Waals surface area (Å²) >= 11 is 0.644. The molecular weight excluding hydrogens is 508 g/mol. The Morgan fingerprint density at radius 1 is 0.861 bits per heavy atom. The van der Waals surface area contributed by atoms with Crippen LogP contribution in [0.3, 0.4) is 0 Å². The fourth-order valence-corrected chi connectivity index (χ4v) is 4.46. The van der Waals surface area contributed by atoms with Crippen LogP contribution in [0.25, 0.3) is 0 Å². The molecule has 0 aromatic heterocycles. The molecule has 0 spiro atoms. The number of thioether (sulfide) groups is 1. The van der Waals surface area contributed by atoms with Crippen molar-refractivity contribution in [1.82, 2.24) is 0 Å². The third-order valence-corrected chi connectivity index (χ3v) is 5.75. The summed E-state index contributed by atoms with van der Waals surface area (Å²) in [6.07, 6.45) is -5.55. The summed E-state index contributed by atoms with van der Waals surface area (Å²) in [6.45, 7) is 3.80. The standard InChI is InChI=1S/C20H22N2O13S/c1-9(23)31-8-15-17(32-10(2)24)18(33-11(3)25)19(34-12(4)26)20(35-15)36-16-6-5-13(21(27)28)7-14(16)22(29)30/h5-7,15,17-20H,8H2,1-4H3/t15-,17-,18+,19+,20+/m1/s1. The average Bonchev–Trinajstić information content (AvgIpc) is 2.75. The number of ether oxygens (including phenoxy) is 5. The Morgan fingerprint density at radius 2 is 1.42 bits per heavy atom. The predicted molar refractivity (Wildman–Crippen MR) is 118 cm³/mol. The number of nitrogens with zero attached hydrogens (tertiary/aromatic N) is 2. The van der Waals surface area contributed by atoms with Gasteiger partial charge in [-0.3, -0.25) is 39.4 Å². The highest BCUT2D eigenvalue weighted by Gasteiger charge is 2.52. The van der Waals surface area contributed by atoms with E-state index >= 15 is 0 Å². The summed E-state index contributed by atoms with van der Waals surface area (Å²) in [5.74, 6) is -3.20. The molecule has 1 heterocycles. The molecule has 36 heavy (non-hydrogen) atoms. The van der Waals surface area contributed by atoms with Gasteiger partial charge < -0.3 is 23.7 Å². The maximum atomic E-state index is 11.9. The van der Waals surface area contributed by atoms with Gasteiger partial charge >= 0.3 is 23.9 Å². The number of non-ortho nitro benzene ring substituents is 1. The second-order valence-electron chi connectivity index (χ2n) is 7.35. The Morgan fingerprint density at radius 3 is 1.92 bits per heavy atom. The summed E-state index contributed by atoms with van der Waals surface area (Å²) in [6, 6.07) is 2.88. The molecule has 2 rings (SSSR count).